The number of carbonyl (C=O) groups excluding carboxylic acids is 1. The van der Waals surface area contributed by atoms with Gasteiger partial charge >= 0.3 is 0 Å². The van der Waals surface area contributed by atoms with Crippen molar-refractivity contribution in [3.8, 4) is 6.07 Å². The van der Waals surface area contributed by atoms with Crippen LogP contribution in [0.1, 0.15) is 37.2 Å². The number of aryl methyl sites for hydroxylation is 2. The van der Waals surface area contributed by atoms with E-state index < -0.39 is 5.92 Å². The number of hydrogen-bond acceptors (Lipinski definition) is 4. The highest BCUT2D eigenvalue weighted by Crippen LogP contribution is 2.34. The summed E-state index contributed by atoms with van der Waals surface area (Å²) in [4.78, 5) is 14.7. The molecule has 1 atom stereocenters. The van der Waals surface area contributed by atoms with E-state index in [1.807, 2.05) is 49.0 Å². The molecule has 1 unspecified atom stereocenters. The molecule has 3 rings (SSSR count). The summed E-state index contributed by atoms with van der Waals surface area (Å²) in [5.41, 5.74) is 3.19. The van der Waals surface area contributed by atoms with Crippen molar-refractivity contribution in [1.29, 1.82) is 5.26 Å². The molecule has 0 N–H and O–H groups in total. The van der Waals surface area contributed by atoms with Gasteiger partial charge < -0.3 is 0 Å². The Balaban J connectivity index is 1.90. The van der Waals surface area contributed by atoms with Crippen LogP contribution in [-0.4, -0.2) is 11.5 Å². The molecule has 21 heavy (non-hydrogen) atoms. The number of hydrogen-bond donors (Lipinski definition) is 0. The Bertz CT molecular complexity index is 686. The fourth-order valence-corrected chi connectivity index (χ4v) is 4.80. The maximum absolute atomic E-state index is 12.7. The van der Waals surface area contributed by atoms with Gasteiger partial charge in [0.05, 0.1) is 10.9 Å². The third-order valence-corrected chi connectivity index (χ3v) is 5.93. The zero-order valence-electron chi connectivity index (χ0n) is 11.8. The molecule has 0 amide bonds. The van der Waals surface area contributed by atoms with Crippen LogP contribution in [0.15, 0.2) is 30.3 Å². The van der Waals surface area contributed by atoms with E-state index in [2.05, 4.69) is 6.07 Å². The van der Waals surface area contributed by atoms with Gasteiger partial charge in [0.2, 0.25) is 0 Å². The molecule has 0 aliphatic carbocycles. The van der Waals surface area contributed by atoms with Crippen LogP contribution in [0, 0.1) is 18.3 Å². The van der Waals surface area contributed by atoms with Crippen LogP contribution in [0.3, 0.4) is 0 Å². The number of carbonyl (C=O) groups is 1. The summed E-state index contributed by atoms with van der Waals surface area (Å²) in [5.74, 6) is 1.35. The van der Waals surface area contributed by atoms with E-state index in [9.17, 15) is 10.1 Å². The summed E-state index contributed by atoms with van der Waals surface area (Å²) in [6.45, 7) is 2.00. The first-order valence-electron chi connectivity index (χ1n) is 6.89. The van der Waals surface area contributed by atoms with Crippen molar-refractivity contribution in [2.24, 2.45) is 0 Å². The molecule has 0 bridgehead atoms. The minimum atomic E-state index is -0.696. The second kappa shape index (κ2) is 6.05. The standard InChI is InChI=1S/C17H15NOS2/c1-11-2-4-12(5-3-11)14(9-18)17(19)16-8-13-10-20-7-6-15(13)21-16/h2-5,8,14H,6-7,10H2,1H3. The van der Waals surface area contributed by atoms with Crippen LogP contribution in [0.25, 0.3) is 0 Å². The van der Waals surface area contributed by atoms with Crippen LogP contribution >= 0.6 is 23.1 Å². The minimum absolute atomic E-state index is 0.0641. The number of Topliss-reactive ketones (excluding diaryl/α,β-unsaturated/α-hetero) is 1. The largest absolute Gasteiger partial charge is 0.291 e. The second-order valence-corrected chi connectivity index (χ2v) is 7.44. The number of nitrogens with zero attached hydrogens (tertiary/aromatic N) is 1. The van der Waals surface area contributed by atoms with E-state index >= 15 is 0 Å². The second-order valence-electron chi connectivity index (χ2n) is 5.20. The maximum Gasteiger partial charge on any atom is 0.194 e. The fraction of sp³-hybridized carbons (Fsp3) is 0.294. The zero-order valence-corrected chi connectivity index (χ0v) is 13.4. The summed E-state index contributed by atoms with van der Waals surface area (Å²) in [6, 6.07) is 11.8. The van der Waals surface area contributed by atoms with Crippen molar-refractivity contribution in [2.75, 3.05) is 5.75 Å². The first-order chi connectivity index (χ1) is 10.2. The Hall–Kier alpha value is -1.57. The molecular weight excluding hydrogens is 298 g/mol. The number of rotatable bonds is 3. The highest BCUT2D eigenvalue weighted by atomic mass is 32.2. The van der Waals surface area contributed by atoms with Crippen LogP contribution in [0.4, 0.5) is 0 Å². The lowest BCUT2D eigenvalue weighted by atomic mass is 9.94. The van der Waals surface area contributed by atoms with Gasteiger partial charge in [-0.25, -0.2) is 0 Å². The average Bonchev–Trinajstić information content (AvgIpc) is 2.93. The Morgan fingerprint density at radius 3 is 2.76 bits per heavy atom. The molecule has 1 aliphatic rings. The van der Waals surface area contributed by atoms with Crippen LogP contribution in [0.5, 0.6) is 0 Å². The highest BCUT2D eigenvalue weighted by Gasteiger charge is 2.25. The third-order valence-electron chi connectivity index (χ3n) is 3.67. The van der Waals surface area contributed by atoms with Crippen LogP contribution < -0.4 is 0 Å². The normalized spacial score (nSPS) is 15.0. The van der Waals surface area contributed by atoms with Gasteiger partial charge in [-0.15, -0.1) is 11.3 Å². The quantitative estimate of drug-likeness (QED) is 0.792. The molecule has 0 saturated heterocycles. The number of benzene rings is 1. The molecule has 0 fully saturated rings. The van der Waals surface area contributed by atoms with Gasteiger partial charge in [0.15, 0.2) is 5.78 Å². The Morgan fingerprint density at radius 2 is 2.10 bits per heavy atom. The van der Waals surface area contributed by atoms with Gasteiger partial charge in [-0.1, -0.05) is 29.8 Å². The van der Waals surface area contributed by atoms with Gasteiger partial charge in [-0.05, 0) is 36.3 Å². The van der Waals surface area contributed by atoms with Crippen molar-refractivity contribution in [1.82, 2.24) is 0 Å². The van der Waals surface area contributed by atoms with E-state index in [1.54, 1.807) is 11.3 Å². The van der Waals surface area contributed by atoms with Gasteiger partial charge in [0.1, 0.15) is 5.92 Å². The number of thiophene rings is 1. The number of nitriles is 1. The van der Waals surface area contributed by atoms with Gasteiger partial charge in [0, 0.05) is 10.6 Å². The van der Waals surface area contributed by atoms with Crippen molar-refractivity contribution in [3.05, 3.63) is 56.8 Å². The summed E-state index contributed by atoms with van der Waals surface area (Å²) >= 11 is 3.48. The SMILES string of the molecule is Cc1ccc(C(C#N)C(=O)c2cc3c(s2)CCSC3)cc1. The molecule has 1 aliphatic heterocycles. The van der Waals surface area contributed by atoms with E-state index in [-0.39, 0.29) is 5.78 Å². The van der Waals surface area contributed by atoms with Gasteiger partial charge in [-0.2, -0.15) is 17.0 Å². The molecule has 4 heteroatoms. The van der Waals surface area contributed by atoms with E-state index in [1.165, 1.54) is 10.4 Å². The predicted molar refractivity (Wildman–Crippen MR) is 88.0 cm³/mol. The number of thioether (sulfide) groups is 1. The van der Waals surface area contributed by atoms with Crippen LogP contribution in [-0.2, 0) is 12.2 Å². The zero-order chi connectivity index (χ0) is 14.8. The lowest BCUT2D eigenvalue weighted by Crippen LogP contribution is -2.09. The minimum Gasteiger partial charge on any atom is -0.291 e. The van der Waals surface area contributed by atoms with E-state index in [4.69, 9.17) is 0 Å². The predicted octanol–water partition coefficient (Wildman–Crippen LogP) is 4.34. The summed E-state index contributed by atoms with van der Waals surface area (Å²) < 4.78 is 0. The topological polar surface area (TPSA) is 40.9 Å². The smallest absolute Gasteiger partial charge is 0.194 e. The van der Waals surface area contributed by atoms with Crippen molar-refractivity contribution >= 4 is 28.9 Å². The summed E-state index contributed by atoms with van der Waals surface area (Å²) in [5, 5.41) is 9.41. The molecule has 2 aromatic rings. The van der Waals surface area contributed by atoms with Crippen LogP contribution in [0.2, 0.25) is 0 Å². The van der Waals surface area contributed by atoms with Crippen molar-refractivity contribution in [2.45, 2.75) is 25.0 Å². The Labute approximate surface area is 132 Å². The fourth-order valence-electron chi connectivity index (χ4n) is 2.45. The number of ketones is 1. The lowest BCUT2D eigenvalue weighted by Gasteiger charge is -2.08. The highest BCUT2D eigenvalue weighted by molar-refractivity contribution is 7.98. The van der Waals surface area contributed by atoms with E-state index in [0.717, 1.165) is 33.9 Å². The first-order valence-corrected chi connectivity index (χ1v) is 8.86. The Kier molecular flexibility index (Phi) is 4.14. The maximum atomic E-state index is 12.7. The molecule has 2 nitrogen and oxygen atoms in total. The third kappa shape index (κ3) is 2.90. The summed E-state index contributed by atoms with van der Waals surface area (Å²) in [7, 11) is 0. The number of fused-ring (bicyclic) bond motifs is 1. The molecule has 0 spiro atoms. The Morgan fingerprint density at radius 1 is 1.33 bits per heavy atom. The first kappa shape index (κ1) is 14.4. The average molecular weight is 313 g/mol. The van der Waals surface area contributed by atoms with Crippen molar-refractivity contribution in [3.63, 3.8) is 0 Å². The molecule has 0 radical (unpaired) electrons. The molecule has 1 aromatic heterocycles. The molecule has 0 saturated carbocycles. The molecule has 2 heterocycles. The van der Waals surface area contributed by atoms with Gasteiger partial charge in [0.25, 0.3) is 0 Å². The van der Waals surface area contributed by atoms with Crippen molar-refractivity contribution < 1.29 is 4.79 Å². The molecule has 1 aromatic carbocycles. The van der Waals surface area contributed by atoms with Gasteiger partial charge in [-0.3, -0.25) is 4.79 Å². The summed E-state index contributed by atoms with van der Waals surface area (Å²) in [6.07, 6.45) is 1.04. The van der Waals surface area contributed by atoms with E-state index in [0.29, 0.717) is 0 Å². The molecule has 106 valence electrons. The lowest BCUT2D eigenvalue weighted by molar-refractivity contribution is 0.0982. The molecular formula is C17H15NOS2. The monoisotopic (exact) mass is 313 g/mol.